The van der Waals surface area contributed by atoms with Crippen LogP contribution < -0.4 is 0 Å². The average molecular weight is 214 g/mol. The molecule has 15 heavy (non-hydrogen) atoms. The number of aliphatic hydroxyl groups excluding tert-OH is 1. The van der Waals surface area contributed by atoms with Crippen molar-refractivity contribution in [2.24, 2.45) is 0 Å². The Morgan fingerprint density at radius 3 is 2.27 bits per heavy atom. The van der Waals surface area contributed by atoms with Crippen LogP contribution in [0, 0.1) is 0 Å². The van der Waals surface area contributed by atoms with Gasteiger partial charge in [-0.1, -0.05) is 37.6 Å². The Morgan fingerprint density at radius 1 is 1.20 bits per heavy atom. The van der Waals surface area contributed by atoms with Crippen molar-refractivity contribution in [2.75, 3.05) is 6.61 Å². The molecule has 0 heterocycles. The first kappa shape index (κ1) is 12.1. The van der Waals surface area contributed by atoms with Crippen molar-refractivity contribution >= 4 is 0 Å². The highest BCUT2D eigenvalue weighted by atomic mass is 19.3. The van der Waals surface area contributed by atoms with Gasteiger partial charge in [0.2, 0.25) is 0 Å². The van der Waals surface area contributed by atoms with E-state index in [2.05, 4.69) is 0 Å². The van der Waals surface area contributed by atoms with Crippen molar-refractivity contribution in [3.05, 3.63) is 35.4 Å². The highest BCUT2D eigenvalue weighted by molar-refractivity contribution is 5.25. The minimum Gasteiger partial charge on any atom is -0.396 e. The smallest absolute Gasteiger partial charge is 0.273 e. The van der Waals surface area contributed by atoms with E-state index in [-0.39, 0.29) is 18.6 Å². The molecule has 0 radical (unpaired) electrons. The Bertz CT molecular complexity index is 293. The summed E-state index contributed by atoms with van der Waals surface area (Å²) in [7, 11) is 0. The zero-order valence-corrected chi connectivity index (χ0v) is 8.84. The Balaban J connectivity index is 2.78. The second-order valence-corrected chi connectivity index (χ2v) is 3.62. The van der Waals surface area contributed by atoms with Crippen LogP contribution in [-0.4, -0.2) is 11.7 Å². The van der Waals surface area contributed by atoms with Crippen molar-refractivity contribution < 1.29 is 13.9 Å². The van der Waals surface area contributed by atoms with Gasteiger partial charge in [-0.3, -0.25) is 0 Å². The maximum Gasteiger partial charge on any atom is 0.273 e. The molecular formula is C12H16F2O. The van der Waals surface area contributed by atoms with Crippen molar-refractivity contribution in [3.8, 4) is 0 Å². The Morgan fingerprint density at radius 2 is 1.80 bits per heavy atom. The fraction of sp³-hybridized carbons (Fsp3) is 0.500. The molecule has 0 amide bonds. The minimum atomic E-state index is -2.73. The molecule has 0 bridgehead atoms. The van der Waals surface area contributed by atoms with Crippen LogP contribution >= 0.6 is 0 Å². The molecule has 1 nitrogen and oxygen atoms in total. The Kier molecular flexibility index (Phi) is 4.21. The van der Waals surface area contributed by atoms with E-state index >= 15 is 0 Å². The molecule has 1 rings (SSSR count). The highest BCUT2D eigenvalue weighted by Crippen LogP contribution is 2.32. The third kappa shape index (κ3) is 3.27. The van der Waals surface area contributed by atoms with Gasteiger partial charge >= 0.3 is 0 Å². The topological polar surface area (TPSA) is 20.2 Å². The van der Waals surface area contributed by atoms with Gasteiger partial charge in [-0.2, -0.15) is 0 Å². The van der Waals surface area contributed by atoms with Crippen molar-refractivity contribution in [1.29, 1.82) is 0 Å². The molecule has 0 saturated heterocycles. The lowest BCUT2D eigenvalue weighted by atomic mass is 10.0. The monoisotopic (exact) mass is 214 g/mol. The summed E-state index contributed by atoms with van der Waals surface area (Å²) in [6.45, 7) is 1.79. The first-order valence-corrected chi connectivity index (χ1v) is 5.18. The third-order valence-corrected chi connectivity index (χ3v) is 2.34. The van der Waals surface area contributed by atoms with Gasteiger partial charge in [0.15, 0.2) is 0 Å². The third-order valence-electron chi connectivity index (χ3n) is 2.34. The minimum absolute atomic E-state index is 0.0463. The summed E-state index contributed by atoms with van der Waals surface area (Å²) in [4.78, 5) is 0. The van der Waals surface area contributed by atoms with Crippen molar-refractivity contribution in [1.82, 2.24) is 0 Å². The van der Waals surface area contributed by atoms with Crippen LogP contribution in [0.4, 0.5) is 8.78 Å². The highest BCUT2D eigenvalue weighted by Gasteiger charge is 2.29. The zero-order valence-electron chi connectivity index (χ0n) is 8.84. The molecule has 0 atom stereocenters. The van der Waals surface area contributed by atoms with E-state index in [1.807, 2.05) is 0 Å². The molecule has 0 aromatic heterocycles. The molecule has 0 fully saturated rings. The molecule has 0 unspecified atom stereocenters. The lowest BCUT2D eigenvalue weighted by molar-refractivity contribution is -0.0140. The van der Waals surface area contributed by atoms with Gasteiger partial charge in [0.1, 0.15) is 0 Å². The van der Waals surface area contributed by atoms with E-state index in [1.54, 1.807) is 19.1 Å². The second kappa shape index (κ2) is 5.21. The molecule has 0 aliphatic rings. The summed E-state index contributed by atoms with van der Waals surface area (Å²) in [6, 6.07) is 6.19. The fourth-order valence-corrected chi connectivity index (χ4v) is 1.50. The number of hydrogen-bond acceptors (Lipinski definition) is 1. The molecular weight excluding hydrogens is 198 g/mol. The summed E-state index contributed by atoms with van der Waals surface area (Å²) >= 11 is 0. The zero-order chi connectivity index (χ0) is 11.3. The molecule has 0 saturated carbocycles. The van der Waals surface area contributed by atoms with Gasteiger partial charge in [-0.15, -0.1) is 0 Å². The van der Waals surface area contributed by atoms with Crippen LogP contribution in [0.25, 0.3) is 0 Å². The van der Waals surface area contributed by atoms with Crippen LogP contribution in [-0.2, 0) is 12.3 Å². The fourth-order valence-electron chi connectivity index (χ4n) is 1.50. The largest absolute Gasteiger partial charge is 0.396 e. The van der Waals surface area contributed by atoms with Crippen LogP contribution in [0.3, 0.4) is 0 Å². The summed E-state index contributed by atoms with van der Waals surface area (Å²) < 4.78 is 26.8. The van der Waals surface area contributed by atoms with E-state index in [4.69, 9.17) is 5.11 Å². The molecule has 84 valence electrons. The molecule has 3 heteroatoms. The molecule has 1 aromatic rings. The standard InChI is InChI=1S/C12H16F2O/c1-2-8-12(13,14)11-5-3-10(4-6-11)7-9-15/h3-6,15H,2,7-9H2,1H3. The van der Waals surface area contributed by atoms with E-state index in [9.17, 15) is 8.78 Å². The van der Waals surface area contributed by atoms with Crippen LogP contribution in [0.1, 0.15) is 30.9 Å². The Hall–Kier alpha value is -0.960. The number of halogens is 2. The van der Waals surface area contributed by atoms with Gasteiger partial charge in [0.25, 0.3) is 5.92 Å². The quantitative estimate of drug-likeness (QED) is 0.798. The molecule has 1 aromatic carbocycles. The van der Waals surface area contributed by atoms with Crippen LogP contribution in [0.5, 0.6) is 0 Å². The summed E-state index contributed by atoms with van der Waals surface area (Å²) in [6.07, 6.45) is 0.858. The normalized spacial score (nSPS) is 11.7. The summed E-state index contributed by atoms with van der Waals surface area (Å²) in [5.74, 6) is -2.73. The van der Waals surface area contributed by atoms with E-state index in [0.29, 0.717) is 12.8 Å². The first-order chi connectivity index (χ1) is 7.10. The number of aliphatic hydroxyl groups is 1. The van der Waals surface area contributed by atoms with Gasteiger partial charge in [-0.05, 0) is 12.0 Å². The molecule has 0 spiro atoms. The predicted molar refractivity (Wildman–Crippen MR) is 56.0 cm³/mol. The van der Waals surface area contributed by atoms with Crippen molar-refractivity contribution in [2.45, 2.75) is 32.1 Å². The number of alkyl halides is 2. The average Bonchev–Trinajstić information content (AvgIpc) is 2.19. The van der Waals surface area contributed by atoms with Crippen molar-refractivity contribution in [3.63, 3.8) is 0 Å². The number of hydrogen-bond donors (Lipinski definition) is 1. The summed E-state index contributed by atoms with van der Waals surface area (Å²) in [5, 5.41) is 8.68. The SMILES string of the molecule is CCCC(F)(F)c1ccc(CCO)cc1. The second-order valence-electron chi connectivity index (χ2n) is 3.62. The van der Waals surface area contributed by atoms with Gasteiger partial charge < -0.3 is 5.11 Å². The predicted octanol–water partition coefficient (Wildman–Crippen LogP) is 3.11. The summed E-state index contributed by atoms with van der Waals surface area (Å²) in [5.41, 5.74) is 0.944. The number of rotatable bonds is 5. The number of benzene rings is 1. The molecule has 0 aliphatic carbocycles. The maximum atomic E-state index is 13.4. The van der Waals surface area contributed by atoms with Gasteiger partial charge in [0, 0.05) is 18.6 Å². The molecule has 0 aliphatic heterocycles. The Labute approximate surface area is 88.7 Å². The van der Waals surface area contributed by atoms with E-state index in [0.717, 1.165) is 5.56 Å². The van der Waals surface area contributed by atoms with E-state index in [1.165, 1.54) is 12.1 Å². The van der Waals surface area contributed by atoms with Gasteiger partial charge in [0.05, 0.1) is 0 Å². The van der Waals surface area contributed by atoms with Crippen LogP contribution in [0.15, 0.2) is 24.3 Å². The van der Waals surface area contributed by atoms with Crippen LogP contribution in [0.2, 0.25) is 0 Å². The first-order valence-electron chi connectivity index (χ1n) is 5.18. The lowest BCUT2D eigenvalue weighted by Crippen LogP contribution is -2.12. The lowest BCUT2D eigenvalue weighted by Gasteiger charge is -2.15. The van der Waals surface area contributed by atoms with E-state index < -0.39 is 5.92 Å². The van der Waals surface area contributed by atoms with Gasteiger partial charge in [-0.25, -0.2) is 8.78 Å². The molecule has 1 N–H and O–H groups in total. The maximum absolute atomic E-state index is 13.4.